The Morgan fingerprint density at radius 1 is 0.403 bits per heavy atom. The van der Waals surface area contributed by atoms with E-state index in [-0.39, 0.29) is 32.2 Å². The van der Waals surface area contributed by atoms with Gasteiger partial charge in [0.1, 0.15) is 13.2 Å². The summed E-state index contributed by atoms with van der Waals surface area (Å²) in [6, 6.07) is 0. The maximum absolute atomic E-state index is 12.8. The fraction of sp³-hybridized carbons (Fsp3) is 0.603. The normalized spacial score (nSPS) is 13.8. The van der Waals surface area contributed by atoms with Crippen molar-refractivity contribution in [2.45, 2.75) is 219 Å². The third-order valence-electron chi connectivity index (χ3n) is 12.1. The predicted octanol–water partition coefficient (Wildman–Crippen LogP) is 18.0. The maximum atomic E-state index is 12.8. The highest BCUT2D eigenvalue weighted by Crippen LogP contribution is 2.14. The van der Waals surface area contributed by atoms with Crippen LogP contribution in [-0.2, 0) is 33.3 Å². The van der Waals surface area contributed by atoms with Gasteiger partial charge in [-0.3, -0.25) is 9.59 Å². The largest absolute Gasteiger partial charge is 0.477 e. The van der Waals surface area contributed by atoms with Crippen LogP contribution >= 0.6 is 0 Å². The van der Waals surface area contributed by atoms with Gasteiger partial charge in [0.05, 0.1) is 34.4 Å². The van der Waals surface area contributed by atoms with Gasteiger partial charge in [-0.05, 0) is 103 Å². The molecule has 0 aromatic heterocycles. The fourth-order valence-electron chi connectivity index (χ4n) is 7.52. The van der Waals surface area contributed by atoms with Crippen LogP contribution < -0.4 is 0 Å². The van der Waals surface area contributed by atoms with Gasteiger partial charge in [0.15, 0.2) is 6.10 Å². The molecule has 0 aliphatic heterocycles. The summed E-state index contributed by atoms with van der Waals surface area (Å²) in [6.07, 6.45) is 80.9. The molecule has 0 rings (SSSR count). The third kappa shape index (κ3) is 58.7. The second kappa shape index (κ2) is 57.3. The van der Waals surface area contributed by atoms with Gasteiger partial charge in [-0.1, -0.05) is 237 Å². The molecule has 0 aliphatic carbocycles. The summed E-state index contributed by atoms with van der Waals surface area (Å²) in [5.41, 5.74) is 0. The van der Waals surface area contributed by atoms with E-state index in [0.717, 1.165) is 122 Å². The van der Waals surface area contributed by atoms with Crippen LogP contribution in [0.4, 0.5) is 0 Å². The average molecular weight is 1070 g/mol. The number of hydrogen-bond acceptors (Lipinski definition) is 7. The third-order valence-corrected chi connectivity index (χ3v) is 12.1. The zero-order valence-corrected chi connectivity index (χ0v) is 49.3. The van der Waals surface area contributed by atoms with E-state index in [9.17, 15) is 19.5 Å². The lowest BCUT2D eigenvalue weighted by Crippen LogP contribution is -2.40. The van der Waals surface area contributed by atoms with Crippen molar-refractivity contribution in [3.05, 3.63) is 146 Å². The highest BCUT2D eigenvalue weighted by Gasteiger charge is 2.25. The lowest BCUT2D eigenvalue weighted by atomic mass is 10.1. The summed E-state index contributed by atoms with van der Waals surface area (Å²) in [4.78, 5) is 37.3. The zero-order valence-electron chi connectivity index (χ0n) is 49.3. The number of hydrogen-bond donors (Lipinski definition) is 1. The molecule has 0 spiro atoms. The van der Waals surface area contributed by atoms with Gasteiger partial charge in [0, 0.05) is 12.8 Å². The van der Waals surface area contributed by atoms with Crippen LogP contribution in [0, 0.1) is 0 Å². The Kier molecular flexibility index (Phi) is 53.8. The van der Waals surface area contributed by atoms with Crippen LogP contribution in [0.2, 0.25) is 0 Å². The van der Waals surface area contributed by atoms with Gasteiger partial charge >= 0.3 is 17.9 Å². The molecule has 0 heterocycles. The van der Waals surface area contributed by atoms with Gasteiger partial charge in [0.2, 0.25) is 0 Å². The van der Waals surface area contributed by atoms with Crippen molar-refractivity contribution >= 4 is 17.9 Å². The van der Waals surface area contributed by atoms with Gasteiger partial charge in [-0.25, -0.2) is 4.79 Å². The first-order valence-electron chi connectivity index (χ1n) is 30.0. The number of esters is 2. The number of rotatable bonds is 53. The number of carbonyl (C=O) groups is 3. The van der Waals surface area contributed by atoms with E-state index < -0.39 is 24.3 Å². The molecule has 0 aromatic carbocycles. The Morgan fingerprint density at radius 2 is 0.740 bits per heavy atom. The summed E-state index contributed by atoms with van der Waals surface area (Å²) in [7, 11) is 5.94. The van der Waals surface area contributed by atoms with Crippen LogP contribution in [0.15, 0.2) is 146 Å². The predicted molar refractivity (Wildman–Crippen MR) is 327 cm³/mol. The number of likely N-dealkylation sites (N-methyl/N-ethyl adjacent to an activating group) is 1. The number of allylic oxidation sites excluding steroid dienone is 24. The first-order chi connectivity index (χ1) is 37.6. The van der Waals surface area contributed by atoms with E-state index in [1.165, 1.54) is 51.4 Å². The number of quaternary nitrogens is 1. The molecule has 434 valence electrons. The smallest absolute Gasteiger partial charge is 0.361 e. The minimum atomic E-state index is -1.52. The van der Waals surface area contributed by atoms with E-state index in [0.29, 0.717) is 23.9 Å². The highest BCUT2D eigenvalue weighted by molar-refractivity contribution is 5.71. The Bertz CT molecular complexity index is 1770. The molecule has 77 heavy (non-hydrogen) atoms. The Hall–Kier alpha value is -4.83. The molecule has 0 amide bonds. The molecule has 0 fully saturated rings. The van der Waals surface area contributed by atoms with E-state index in [4.69, 9.17) is 18.9 Å². The molecule has 0 saturated heterocycles. The topological polar surface area (TPSA) is 108 Å². The molecule has 9 heteroatoms. The number of unbranched alkanes of at least 4 members (excludes halogenated alkanes) is 14. The Morgan fingerprint density at radius 3 is 1.10 bits per heavy atom. The molecular formula is C68H110NO8+. The van der Waals surface area contributed by atoms with Crippen molar-refractivity contribution < 1.29 is 42.9 Å². The van der Waals surface area contributed by atoms with Crippen LogP contribution in [-0.4, -0.2) is 87.4 Å². The van der Waals surface area contributed by atoms with Gasteiger partial charge in [-0.15, -0.1) is 0 Å². The molecular weight excluding hydrogens is 959 g/mol. The number of carboxylic acid groups (broad SMARTS) is 1. The summed E-state index contributed by atoms with van der Waals surface area (Å²) in [5.74, 6) is -2.06. The van der Waals surface area contributed by atoms with Crippen molar-refractivity contribution in [2.24, 2.45) is 0 Å². The second-order valence-electron chi connectivity index (χ2n) is 20.6. The lowest BCUT2D eigenvalue weighted by Gasteiger charge is -2.25. The first kappa shape index (κ1) is 72.2. The van der Waals surface area contributed by atoms with Gasteiger partial charge in [-0.2, -0.15) is 0 Å². The summed E-state index contributed by atoms with van der Waals surface area (Å²) in [5, 5.41) is 9.67. The SMILES string of the molecule is CC/C=C\C/C=C\C/C=C\C/C=C\C/C=C\C/C=C\C/C=C\C/C=C\C/C=C\C/C=C\C/C=C\C/C=C\CCCCCCC(=O)OC(COC(=O)CCCCCCCCCCCCC)COC(OCC[N+](C)(C)C)C(=O)O. The minimum Gasteiger partial charge on any atom is -0.477 e. The number of carboxylic acids is 1. The van der Waals surface area contributed by atoms with Crippen LogP contribution in [0.5, 0.6) is 0 Å². The average Bonchev–Trinajstić information content (AvgIpc) is 3.40. The van der Waals surface area contributed by atoms with Crippen molar-refractivity contribution in [3.8, 4) is 0 Å². The number of carbonyl (C=O) groups excluding carboxylic acids is 2. The Balaban J connectivity index is 4.21. The van der Waals surface area contributed by atoms with Crippen molar-refractivity contribution in [1.82, 2.24) is 0 Å². The number of nitrogens with zero attached hydrogens (tertiary/aromatic N) is 1. The molecule has 0 bridgehead atoms. The standard InChI is InChI=1S/C68H109NO8/c1-6-8-10-12-14-16-18-19-20-21-22-23-24-25-26-27-28-29-30-31-32-33-34-35-36-37-38-39-40-41-42-43-44-45-46-47-49-51-53-55-57-59-66(71)77-64(63-76-68(67(72)73)74-61-60-69(3,4)5)62-75-65(70)58-56-54-52-50-48-17-15-13-11-9-7-2/h8,10,14,16,19-20,22-23,25-26,28-29,31-32,34-35,37-38,40-41,43-44,46-47,64,68H,6-7,9,11-13,15,17-18,21,24,27,30,33,36,39,42,45,48-63H2,1-5H3/p+1/b10-8-,16-14-,20-19-,23-22-,26-25-,29-28-,32-31-,35-34-,38-37-,41-40-,44-43-,47-46-. The second-order valence-corrected chi connectivity index (χ2v) is 20.6. The monoisotopic (exact) mass is 1070 g/mol. The van der Waals surface area contributed by atoms with E-state index in [2.05, 4.69) is 160 Å². The molecule has 0 aliphatic rings. The molecule has 0 saturated carbocycles. The first-order valence-corrected chi connectivity index (χ1v) is 30.0. The molecule has 9 nitrogen and oxygen atoms in total. The number of aliphatic carboxylic acids is 1. The summed E-state index contributed by atoms with van der Waals surface area (Å²) < 4.78 is 22.8. The van der Waals surface area contributed by atoms with E-state index >= 15 is 0 Å². The molecule has 2 atom stereocenters. The lowest BCUT2D eigenvalue weighted by molar-refractivity contribution is -0.870. The van der Waals surface area contributed by atoms with Gasteiger partial charge in [0.25, 0.3) is 6.29 Å². The van der Waals surface area contributed by atoms with E-state index in [1.54, 1.807) is 0 Å². The van der Waals surface area contributed by atoms with E-state index in [1.807, 2.05) is 21.1 Å². The van der Waals surface area contributed by atoms with Crippen molar-refractivity contribution in [3.63, 3.8) is 0 Å². The number of ether oxygens (including phenoxy) is 4. The fourth-order valence-corrected chi connectivity index (χ4v) is 7.52. The van der Waals surface area contributed by atoms with Crippen molar-refractivity contribution in [2.75, 3.05) is 47.5 Å². The quantitative estimate of drug-likeness (QED) is 0.0211. The molecule has 0 radical (unpaired) electrons. The van der Waals surface area contributed by atoms with Crippen LogP contribution in [0.1, 0.15) is 206 Å². The molecule has 0 aromatic rings. The highest BCUT2D eigenvalue weighted by atomic mass is 16.7. The van der Waals surface area contributed by atoms with Crippen LogP contribution in [0.25, 0.3) is 0 Å². The molecule has 1 N–H and O–H groups in total. The van der Waals surface area contributed by atoms with Crippen molar-refractivity contribution in [1.29, 1.82) is 0 Å². The Labute approximate surface area is 471 Å². The summed E-state index contributed by atoms with van der Waals surface area (Å²) in [6.45, 7) is 4.69. The zero-order chi connectivity index (χ0) is 56.2. The van der Waals surface area contributed by atoms with Crippen LogP contribution in [0.3, 0.4) is 0 Å². The summed E-state index contributed by atoms with van der Waals surface area (Å²) >= 11 is 0. The minimum absolute atomic E-state index is 0.176. The van der Waals surface area contributed by atoms with Gasteiger partial charge < -0.3 is 28.5 Å². The molecule has 2 unspecified atom stereocenters. The maximum Gasteiger partial charge on any atom is 0.361 e.